The Balaban J connectivity index is 1.40. The number of amides is 1. The van der Waals surface area contributed by atoms with Crippen molar-refractivity contribution in [2.45, 2.75) is 13.0 Å². The van der Waals surface area contributed by atoms with E-state index in [1.165, 1.54) is 5.56 Å². The fourth-order valence-electron chi connectivity index (χ4n) is 3.16. The van der Waals surface area contributed by atoms with Gasteiger partial charge in [-0.25, -0.2) is 4.98 Å². The predicted octanol–water partition coefficient (Wildman–Crippen LogP) is 3.45. The number of rotatable bonds is 6. The molecule has 2 heterocycles. The average Bonchev–Trinajstić information content (AvgIpc) is 3.15. The van der Waals surface area contributed by atoms with Crippen molar-refractivity contribution in [1.29, 1.82) is 0 Å². The van der Waals surface area contributed by atoms with Crippen LogP contribution in [0.2, 0.25) is 0 Å². The number of hydrogen-bond acceptors (Lipinski definition) is 3. The molecule has 0 fully saturated rings. The Hall–Kier alpha value is -3.47. The summed E-state index contributed by atoms with van der Waals surface area (Å²) in [4.78, 5) is 21.4. The van der Waals surface area contributed by atoms with Crippen LogP contribution >= 0.6 is 0 Å². The molecule has 0 aliphatic heterocycles. The summed E-state index contributed by atoms with van der Waals surface area (Å²) < 4.78 is 2.11. The Morgan fingerprint density at radius 3 is 2.67 bits per heavy atom. The maximum atomic E-state index is 12.6. The maximum absolute atomic E-state index is 12.6. The largest absolute Gasteiger partial charge is 0.352 e. The van der Waals surface area contributed by atoms with E-state index in [2.05, 4.69) is 32.0 Å². The lowest BCUT2D eigenvalue weighted by Gasteiger charge is -2.10. The van der Waals surface area contributed by atoms with Crippen molar-refractivity contribution < 1.29 is 4.79 Å². The predicted molar refractivity (Wildman–Crippen MR) is 106 cm³/mol. The molecule has 0 aliphatic rings. The number of fused-ring (bicyclic) bond motifs is 1. The van der Waals surface area contributed by atoms with Gasteiger partial charge in [-0.2, -0.15) is 0 Å². The smallest absolute Gasteiger partial charge is 0.253 e. The molecule has 2 aromatic carbocycles. The fourth-order valence-corrected chi connectivity index (χ4v) is 3.16. The summed E-state index contributed by atoms with van der Waals surface area (Å²) in [6, 6.07) is 19.7. The second kappa shape index (κ2) is 7.83. The van der Waals surface area contributed by atoms with Gasteiger partial charge in [0.25, 0.3) is 5.91 Å². The van der Waals surface area contributed by atoms with E-state index in [0.717, 1.165) is 23.3 Å². The number of imidazole rings is 1. The first kappa shape index (κ1) is 17.0. The lowest BCUT2D eigenvalue weighted by atomic mass is 10.1. The number of para-hydroxylation sites is 1. The van der Waals surface area contributed by atoms with E-state index in [-0.39, 0.29) is 5.91 Å². The zero-order valence-electron chi connectivity index (χ0n) is 14.9. The minimum absolute atomic E-state index is 0.111. The average molecular weight is 356 g/mol. The minimum Gasteiger partial charge on any atom is -0.352 e. The summed E-state index contributed by atoms with van der Waals surface area (Å²) in [5.74, 6) is 0.843. The summed E-state index contributed by atoms with van der Waals surface area (Å²) >= 11 is 0. The zero-order valence-corrected chi connectivity index (χ0v) is 14.9. The first-order valence-corrected chi connectivity index (χ1v) is 8.97. The third-order valence-electron chi connectivity index (χ3n) is 4.51. The molecule has 2 aromatic heterocycles. The molecule has 1 N–H and O–H groups in total. The highest BCUT2D eigenvalue weighted by atomic mass is 16.1. The molecule has 0 bridgehead atoms. The molecule has 0 saturated heterocycles. The molecule has 0 atom stereocenters. The molecule has 4 aromatic rings. The van der Waals surface area contributed by atoms with E-state index in [0.29, 0.717) is 18.5 Å². The van der Waals surface area contributed by atoms with Crippen LogP contribution in [0.4, 0.5) is 0 Å². The number of nitrogens with zero attached hydrogens (tertiary/aromatic N) is 3. The van der Waals surface area contributed by atoms with Gasteiger partial charge in [0, 0.05) is 43.5 Å². The summed E-state index contributed by atoms with van der Waals surface area (Å²) in [5.41, 5.74) is 2.55. The Morgan fingerprint density at radius 1 is 0.926 bits per heavy atom. The van der Waals surface area contributed by atoms with Crippen molar-refractivity contribution in [3.63, 3.8) is 0 Å². The quantitative estimate of drug-likeness (QED) is 0.576. The minimum atomic E-state index is -0.111. The molecule has 0 unspecified atom stereocenters. The van der Waals surface area contributed by atoms with Crippen LogP contribution < -0.4 is 5.32 Å². The Morgan fingerprint density at radius 2 is 1.78 bits per heavy atom. The summed E-state index contributed by atoms with van der Waals surface area (Å²) in [6.45, 7) is 1.30. The van der Waals surface area contributed by atoms with Gasteiger partial charge in [0.15, 0.2) is 0 Å². The highest BCUT2D eigenvalue weighted by molar-refractivity contribution is 6.05. The number of hydrogen-bond donors (Lipinski definition) is 1. The second-order valence-electron chi connectivity index (χ2n) is 6.34. The van der Waals surface area contributed by atoms with Gasteiger partial charge in [-0.3, -0.25) is 9.78 Å². The molecule has 0 spiro atoms. The van der Waals surface area contributed by atoms with Crippen LogP contribution in [0, 0.1) is 0 Å². The van der Waals surface area contributed by atoms with Gasteiger partial charge in [0.1, 0.15) is 5.82 Å². The van der Waals surface area contributed by atoms with E-state index in [1.807, 2.05) is 48.7 Å². The number of carbonyl (C=O) groups is 1. The van der Waals surface area contributed by atoms with E-state index < -0.39 is 0 Å². The van der Waals surface area contributed by atoms with Crippen LogP contribution in [0.5, 0.6) is 0 Å². The van der Waals surface area contributed by atoms with Gasteiger partial charge in [0.2, 0.25) is 0 Å². The van der Waals surface area contributed by atoms with Crippen LogP contribution in [0.3, 0.4) is 0 Å². The summed E-state index contributed by atoms with van der Waals surface area (Å²) in [7, 11) is 0. The van der Waals surface area contributed by atoms with Crippen LogP contribution in [0.15, 0.2) is 79.3 Å². The normalized spacial score (nSPS) is 10.8. The second-order valence-corrected chi connectivity index (χ2v) is 6.34. The van der Waals surface area contributed by atoms with Gasteiger partial charge in [-0.1, -0.05) is 48.5 Å². The summed E-state index contributed by atoms with van der Waals surface area (Å²) in [6.07, 6.45) is 6.15. The third kappa shape index (κ3) is 3.87. The number of carbonyl (C=O) groups excluding carboxylic acids is 1. The van der Waals surface area contributed by atoms with Crippen LogP contribution in [-0.2, 0) is 13.0 Å². The van der Waals surface area contributed by atoms with E-state index in [1.54, 1.807) is 18.5 Å². The van der Waals surface area contributed by atoms with E-state index in [9.17, 15) is 4.79 Å². The summed E-state index contributed by atoms with van der Waals surface area (Å²) in [5, 5.41) is 3.95. The lowest BCUT2D eigenvalue weighted by molar-refractivity contribution is 0.0955. The number of aromatic nitrogens is 3. The first-order chi connectivity index (χ1) is 13.3. The number of nitrogens with one attached hydrogen (secondary N) is 1. The van der Waals surface area contributed by atoms with Crippen LogP contribution in [0.25, 0.3) is 10.9 Å². The Bertz CT molecular complexity index is 1050. The van der Waals surface area contributed by atoms with Gasteiger partial charge in [-0.15, -0.1) is 0 Å². The molecule has 5 heteroatoms. The highest BCUT2D eigenvalue weighted by Gasteiger charge is 2.11. The maximum Gasteiger partial charge on any atom is 0.253 e. The van der Waals surface area contributed by atoms with Crippen molar-refractivity contribution >= 4 is 16.8 Å². The third-order valence-corrected chi connectivity index (χ3v) is 4.51. The molecule has 0 saturated carbocycles. The van der Waals surface area contributed by atoms with Crippen molar-refractivity contribution in [2.75, 3.05) is 6.54 Å². The van der Waals surface area contributed by atoms with Gasteiger partial charge >= 0.3 is 0 Å². The molecule has 0 radical (unpaired) electrons. The van der Waals surface area contributed by atoms with Crippen molar-refractivity contribution in [3.8, 4) is 0 Å². The zero-order chi connectivity index (χ0) is 18.5. The van der Waals surface area contributed by atoms with Crippen LogP contribution in [0.1, 0.15) is 21.7 Å². The molecule has 1 amide bonds. The first-order valence-electron chi connectivity index (χ1n) is 8.97. The van der Waals surface area contributed by atoms with Gasteiger partial charge in [0.05, 0.1) is 11.1 Å². The highest BCUT2D eigenvalue weighted by Crippen LogP contribution is 2.15. The molecule has 5 nitrogen and oxygen atoms in total. The molecule has 27 heavy (non-hydrogen) atoms. The Kier molecular flexibility index (Phi) is 4.92. The van der Waals surface area contributed by atoms with Crippen molar-refractivity contribution in [3.05, 3.63) is 96.2 Å². The van der Waals surface area contributed by atoms with Gasteiger partial charge < -0.3 is 9.88 Å². The molecular formula is C22H20N4O. The van der Waals surface area contributed by atoms with E-state index in [4.69, 9.17) is 0 Å². The fraction of sp³-hybridized carbons (Fsp3) is 0.136. The Labute approximate surface area is 157 Å². The molecule has 4 rings (SSSR count). The van der Waals surface area contributed by atoms with Gasteiger partial charge in [-0.05, 0) is 17.7 Å². The number of pyridine rings is 1. The monoisotopic (exact) mass is 356 g/mol. The SMILES string of the molecule is O=C(NCCc1nccn1Cc1ccccc1)c1cccc2cccnc12. The topological polar surface area (TPSA) is 59.8 Å². The number of benzene rings is 2. The van der Waals surface area contributed by atoms with Crippen LogP contribution in [-0.4, -0.2) is 27.0 Å². The molecular weight excluding hydrogens is 336 g/mol. The standard InChI is InChI=1S/C22H20N4O/c27-22(19-10-4-8-18-9-5-12-24-21(18)19)25-13-11-20-23-14-15-26(20)16-17-6-2-1-3-7-17/h1-10,12,14-15H,11,13,16H2,(H,25,27). The van der Waals surface area contributed by atoms with E-state index >= 15 is 0 Å². The molecule has 0 aliphatic carbocycles. The van der Waals surface area contributed by atoms with Crippen molar-refractivity contribution in [1.82, 2.24) is 19.9 Å². The van der Waals surface area contributed by atoms with Crippen molar-refractivity contribution in [2.24, 2.45) is 0 Å². The molecule has 134 valence electrons. The lowest BCUT2D eigenvalue weighted by Crippen LogP contribution is -2.26.